The van der Waals surface area contributed by atoms with Crippen LogP contribution in [0.5, 0.6) is 5.75 Å². The number of aryl methyl sites for hydroxylation is 1. The smallest absolute Gasteiger partial charge is 0.419 e. The molecule has 5 nitrogen and oxygen atoms in total. The van der Waals surface area contributed by atoms with Crippen molar-refractivity contribution in [3.8, 4) is 5.75 Å². The van der Waals surface area contributed by atoms with Crippen LogP contribution in [0.25, 0.3) is 0 Å². The van der Waals surface area contributed by atoms with Gasteiger partial charge in [-0.15, -0.1) is 0 Å². The van der Waals surface area contributed by atoms with Crippen molar-refractivity contribution < 1.29 is 32.5 Å². The molecule has 166 valence electrons. The molecular weight excluding hydrogens is 387 g/mol. The van der Waals surface area contributed by atoms with Gasteiger partial charge in [-0.1, -0.05) is 38.7 Å². The van der Waals surface area contributed by atoms with E-state index in [9.17, 15) is 23.1 Å². The van der Waals surface area contributed by atoms with Crippen LogP contribution < -0.4 is 10.5 Å². The fraction of sp³-hybridized carbons (Fsp3) is 0.667. The molecule has 0 aromatic heterocycles. The summed E-state index contributed by atoms with van der Waals surface area (Å²) in [6.07, 6.45) is 0.700. The Morgan fingerprint density at radius 3 is 2.45 bits per heavy atom. The van der Waals surface area contributed by atoms with Gasteiger partial charge in [-0.05, 0) is 37.0 Å². The Morgan fingerprint density at radius 2 is 1.86 bits per heavy atom. The predicted octanol–water partition coefficient (Wildman–Crippen LogP) is 4.24. The summed E-state index contributed by atoms with van der Waals surface area (Å²) in [7, 11) is 0. The summed E-state index contributed by atoms with van der Waals surface area (Å²) in [4.78, 5) is 10.9. The molecule has 0 bridgehead atoms. The second-order valence-corrected chi connectivity index (χ2v) is 7.39. The zero-order valence-corrected chi connectivity index (χ0v) is 17.2. The molecule has 1 unspecified atom stereocenters. The van der Waals surface area contributed by atoms with E-state index in [1.807, 2.05) is 0 Å². The van der Waals surface area contributed by atoms with Crippen molar-refractivity contribution in [1.29, 1.82) is 0 Å². The molecule has 1 rings (SSSR count). The Morgan fingerprint density at radius 1 is 1.17 bits per heavy atom. The van der Waals surface area contributed by atoms with E-state index in [0.717, 1.165) is 31.7 Å². The van der Waals surface area contributed by atoms with Gasteiger partial charge in [0.1, 0.15) is 12.4 Å². The van der Waals surface area contributed by atoms with E-state index in [-0.39, 0.29) is 31.8 Å². The van der Waals surface area contributed by atoms with Crippen LogP contribution in [0, 0.1) is 0 Å². The standard InChI is InChI=1S/C21H32F3NO4/c1-3-4-5-6-7-12-28-19-9-8-17(13-18(19)21(22,23)24)10-11-20(25,14-26)15-29-16(2)27/h8-9,13,26H,3-7,10-12,14-15,25H2,1-2H3. The van der Waals surface area contributed by atoms with Crippen LogP contribution in [0.1, 0.15) is 63.5 Å². The van der Waals surface area contributed by atoms with Crippen molar-refractivity contribution in [2.75, 3.05) is 19.8 Å². The summed E-state index contributed by atoms with van der Waals surface area (Å²) in [5.41, 5.74) is 4.37. The molecule has 29 heavy (non-hydrogen) atoms. The lowest BCUT2D eigenvalue weighted by molar-refractivity contribution is -0.143. The molecule has 1 aromatic rings. The average Bonchev–Trinajstić information content (AvgIpc) is 2.67. The van der Waals surface area contributed by atoms with Crippen LogP contribution in [0.3, 0.4) is 0 Å². The van der Waals surface area contributed by atoms with Crippen LogP contribution in [-0.4, -0.2) is 36.4 Å². The van der Waals surface area contributed by atoms with E-state index >= 15 is 0 Å². The number of nitrogens with two attached hydrogens (primary N) is 1. The molecule has 0 saturated heterocycles. The molecular formula is C21H32F3NO4. The highest BCUT2D eigenvalue weighted by molar-refractivity contribution is 5.65. The van der Waals surface area contributed by atoms with Gasteiger partial charge < -0.3 is 20.3 Å². The van der Waals surface area contributed by atoms with E-state index in [4.69, 9.17) is 15.2 Å². The Hall–Kier alpha value is -1.80. The van der Waals surface area contributed by atoms with Gasteiger partial charge in [0.25, 0.3) is 0 Å². The van der Waals surface area contributed by atoms with Gasteiger partial charge in [-0.25, -0.2) is 0 Å². The number of ether oxygens (including phenoxy) is 2. The third-order valence-corrected chi connectivity index (χ3v) is 4.64. The first kappa shape index (κ1) is 25.2. The van der Waals surface area contributed by atoms with Gasteiger partial charge in [0.05, 0.1) is 24.3 Å². The minimum absolute atomic E-state index is 0.158. The van der Waals surface area contributed by atoms with Crippen molar-refractivity contribution in [2.24, 2.45) is 5.73 Å². The SMILES string of the molecule is CCCCCCCOc1ccc(CCC(N)(CO)COC(C)=O)cc1C(F)(F)F. The first-order chi connectivity index (χ1) is 13.6. The van der Waals surface area contributed by atoms with Gasteiger partial charge in [-0.3, -0.25) is 4.79 Å². The van der Waals surface area contributed by atoms with Crippen molar-refractivity contribution in [3.05, 3.63) is 29.3 Å². The third-order valence-electron chi connectivity index (χ3n) is 4.64. The minimum atomic E-state index is -4.54. The van der Waals surface area contributed by atoms with Gasteiger partial charge in [-0.2, -0.15) is 13.2 Å². The lowest BCUT2D eigenvalue weighted by atomic mass is 9.93. The normalized spacial score (nSPS) is 13.8. The molecule has 0 aliphatic rings. The molecule has 0 fully saturated rings. The predicted molar refractivity (Wildman–Crippen MR) is 105 cm³/mol. The molecule has 0 aliphatic carbocycles. The second-order valence-electron chi connectivity index (χ2n) is 7.39. The Kier molecular flexibility index (Phi) is 10.5. The maximum absolute atomic E-state index is 13.5. The van der Waals surface area contributed by atoms with E-state index in [1.54, 1.807) is 6.07 Å². The molecule has 1 atom stereocenters. The number of hydrogen-bond acceptors (Lipinski definition) is 5. The van der Waals surface area contributed by atoms with Crippen molar-refractivity contribution in [3.63, 3.8) is 0 Å². The maximum Gasteiger partial charge on any atom is 0.419 e. The lowest BCUT2D eigenvalue weighted by Crippen LogP contribution is -2.48. The zero-order chi connectivity index (χ0) is 21.9. The van der Waals surface area contributed by atoms with Crippen molar-refractivity contribution in [2.45, 2.75) is 70.5 Å². The number of esters is 1. The van der Waals surface area contributed by atoms with Crippen LogP contribution >= 0.6 is 0 Å². The second kappa shape index (κ2) is 12.0. The summed E-state index contributed by atoms with van der Waals surface area (Å²) in [6.45, 7) is 2.90. The van der Waals surface area contributed by atoms with Gasteiger partial charge in [0.15, 0.2) is 0 Å². The minimum Gasteiger partial charge on any atom is -0.493 e. The van der Waals surface area contributed by atoms with E-state index in [1.165, 1.54) is 13.0 Å². The largest absolute Gasteiger partial charge is 0.493 e. The quantitative estimate of drug-likeness (QED) is 0.369. The molecule has 0 amide bonds. The van der Waals surface area contributed by atoms with Gasteiger partial charge in [0.2, 0.25) is 0 Å². The zero-order valence-electron chi connectivity index (χ0n) is 17.2. The maximum atomic E-state index is 13.5. The van der Waals surface area contributed by atoms with E-state index < -0.39 is 29.9 Å². The van der Waals surface area contributed by atoms with Crippen LogP contribution in [-0.2, 0) is 22.1 Å². The Bertz CT molecular complexity index is 637. The first-order valence-corrected chi connectivity index (χ1v) is 9.97. The number of unbranched alkanes of at least 4 members (excludes halogenated alkanes) is 4. The number of carbonyl (C=O) groups excluding carboxylic acids is 1. The van der Waals surface area contributed by atoms with Crippen molar-refractivity contribution >= 4 is 5.97 Å². The number of rotatable bonds is 13. The topological polar surface area (TPSA) is 81.8 Å². The number of aliphatic hydroxyl groups excluding tert-OH is 1. The number of alkyl halides is 3. The van der Waals surface area contributed by atoms with Crippen LogP contribution in [0.2, 0.25) is 0 Å². The molecule has 0 saturated carbocycles. The molecule has 0 spiro atoms. The number of benzene rings is 1. The fourth-order valence-corrected chi connectivity index (χ4v) is 2.80. The number of carbonyl (C=O) groups is 1. The molecule has 1 aromatic carbocycles. The van der Waals surface area contributed by atoms with Gasteiger partial charge >= 0.3 is 12.1 Å². The summed E-state index contributed by atoms with van der Waals surface area (Å²) in [5.74, 6) is -0.721. The first-order valence-electron chi connectivity index (χ1n) is 9.97. The highest BCUT2D eigenvalue weighted by atomic mass is 19.4. The summed E-state index contributed by atoms with van der Waals surface area (Å²) < 4.78 is 50.6. The molecule has 0 aliphatic heterocycles. The third kappa shape index (κ3) is 9.49. The molecule has 0 heterocycles. The highest BCUT2D eigenvalue weighted by Gasteiger charge is 2.35. The van der Waals surface area contributed by atoms with E-state index in [2.05, 4.69) is 6.92 Å². The summed E-state index contributed by atoms with van der Waals surface area (Å²) in [6, 6.07) is 3.94. The average molecular weight is 419 g/mol. The van der Waals surface area contributed by atoms with E-state index in [0.29, 0.717) is 12.0 Å². The number of hydrogen-bond donors (Lipinski definition) is 2. The fourth-order valence-electron chi connectivity index (χ4n) is 2.80. The molecule has 8 heteroatoms. The number of halogens is 3. The Labute approximate surface area is 170 Å². The monoisotopic (exact) mass is 419 g/mol. The van der Waals surface area contributed by atoms with Gasteiger partial charge in [0, 0.05) is 6.92 Å². The molecule has 0 radical (unpaired) electrons. The van der Waals surface area contributed by atoms with Crippen LogP contribution in [0.15, 0.2) is 18.2 Å². The summed E-state index contributed by atoms with van der Waals surface area (Å²) >= 11 is 0. The number of aliphatic hydroxyl groups is 1. The molecule has 3 N–H and O–H groups in total. The van der Waals surface area contributed by atoms with Crippen molar-refractivity contribution in [1.82, 2.24) is 0 Å². The lowest BCUT2D eigenvalue weighted by Gasteiger charge is -2.26. The summed E-state index contributed by atoms with van der Waals surface area (Å²) in [5, 5.41) is 9.46. The van der Waals surface area contributed by atoms with Crippen LogP contribution in [0.4, 0.5) is 13.2 Å². The highest BCUT2D eigenvalue weighted by Crippen LogP contribution is 2.37. The Balaban J connectivity index is 2.76.